The average molecular weight is 300 g/mol. The highest BCUT2D eigenvalue weighted by atomic mass is 16.6. The van der Waals surface area contributed by atoms with Crippen LogP contribution in [0.15, 0.2) is 35.0 Å². The van der Waals surface area contributed by atoms with Gasteiger partial charge in [0.1, 0.15) is 0 Å². The minimum Gasteiger partial charge on any atom is -0.406 e. The standard InChI is InChI=1S/C16H16N2O4/c19-16-14(10-11-6-8-13(9-7-11)18(20)21)17-15(22-16)12-4-2-1-3-5-12/h6-10,12H,1-5H2/b14-10-. The van der Waals surface area contributed by atoms with Crippen molar-refractivity contribution in [3.05, 3.63) is 45.6 Å². The van der Waals surface area contributed by atoms with E-state index in [0.29, 0.717) is 11.5 Å². The van der Waals surface area contributed by atoms with Crippen molar-refractivity contribution in [2.75, 3.05) is 0 Å². The first-order valence-electron chi connectivity index (χ1n) is 7.40. The third-order valence-corrected chi connectivity index (χ3v) is 4.00. The molecule has 114 valence electrons. The van der Waals surface area contributed by atoms with E-state index in [1.807, 2.05) is 0 Å². The molecule has 1 aliphatic heterocycles. The molecule has 1 saturated carbocycles. The lowest BCUT2D eigenvalue weighted by molar-refractivity contribution is -0.384. The first-order chi connectivity index (χ1) is 10.6. The third-order valence-electron chi connectivity index (χ3n) is 4.00. The van der Waals surface area contributed by atoms with Crippen LogP contribution in [-0.4, -0.2) is 16.8 Å². The monoisotopic (exact) mass is 300 g/mol. The summed E-state index contributed by atoms with van der Waals surface area (Å²) in [6.45, 7) is 0. The number of carbonyl (C=O) groups is 1. The van der Waals surface area contributed by atoms with E-state index in [9.17, 15) is 14.9 Å². The molecule has 0 aromatic heterocycles. The molecule has 0 atom stereocenters. The van der Waals surface area contributed by atoms with Crippen molar-refractivity contribution < 1.29 is 14.5 Å². The van der Waals surface area contributed by atoms with E-state index in [1.54, 1.807) is 18.2 Å². The summed E-state index contributed by atoms with van der Waals surface area (Å²) in [6.07, 6.45) is 7.13. The quantitative estimate of drug-likeness (QED) is 0.370. The van der Waals surface area contributed by atoms with Gasteiger partial charge in [-0.15, -0.1) is 0 Å². The maximum atomic E-state index is 11.9. The fourth-order valence-electron chi connectivity index (χ4n) is 2.80. The molecule has 3 rings (SSSR count). The molecular weight excluding hydrogens is 284 g/mol. The van der Waals surface area contributed by atoms with E-state index in [1.165, 1.54) is 18.6 Å². The Morgan fingerprint density at radius 1 is 1.18 bits per heavy atom. The third kappa shape index (κ3) is 3.05. The number of carbonyl (C=O) groups excluding carboxylic acids is 1. The van der Waals surface area contributed by atoms with Crippen LogP contribution in [0.5, 0.6) is 0 Å². The van der Waals surface area contributed by atoms with Gasteiger partial charge in [0.15, 0.2) is 5.70 Å². The number of non-ortho nitro benzene ring substituents is 1. The van der Waals surface area contributed by atoms with E-state index in [-0.39, 0.29) is 17.3 Å². The van der Waals surface area contributed by atoms with E-state index < -0.39 is 10.9 Å². The number of benzene rings is 1. The average Bonchev–Trinajstić information content (AvgIpc) is 2.90. The maximum Gasteiger partial charge on any atom is 0.363 e. The molecule has 1 aromatic carbocycles. The molecule has 6 heteroatoms. The summed E-state index contributed by atoms with van der Waals surface area (Å²) < 4.78 is 5.28. The number of nitrogens with zero attached hydrogens (tertiary/aromatic N) is 2. The van der Waals surface area contributed by atoms with Gasteiger partial charge in [-0.3, -0.25) is 10.1 Å². The van der Waals surface area contributed by atoms with Gasteiger partial charge in [-0.25, -0.2) is 9.79 Å². The molecule has 0 radical (unpaired) electrons. The number of ether oxygens (including phenoxy) is 1. The summed E-state index contributed by atoms with van der Waals surface area (Å²) in [5.41, 5.74) is 0.961. The molecule has 1 heterocycles. The van der Waals surface area contributed by atoms with Gasteiger partial charge in [-0.1, -0.05) is 19.3 Å². The van der Waals surface area contributed by atoms with Gasteiger partial charge in [0, 0.05) is 18.1 Å². The molecule has 0 saturated heterocycles. The Labute approximate surface area is 127 Å². The van der Waals surface area contributed by atoms with Crippen LogP contribution in [0.25, 0.3) is 6.08 Å². The SMILES string of the molecule is O=C1OC(C2CCCCC2)=N/C1=C\c1ccc([N+](=O)[O-])cc1. The summed E-state index contributed by atoms with van der Waals surface area (Å²) in [5, 5.41) is 10.6. The Bertz CT molecular complexity index is 655. The summed E-state index contributed by atoms with van der Waals surface area (Å²) in [4.78, 5) is 26.4. The summed E-state index contributed by atoms with van der Waals surface area (Å²) >= 11 is 0. The van der Waals surface area contributed by atoms with E-state index >= 15 is 0 Å². The summed E-state index contributed by atoms with van der Waals surface area (Å²) in [6, 6.07) is 5.98. The number of hydrogen-bond donors (Lipinski definition) is 0. The zero-order valence-corrected chi connectivity index (χ0v) is 12.0. The Balaban J connectivity index is 1.79. The molecule has 0 N–H and O–H groups in total. The van der Waals surface area contributed by atoms with Crippen molar-refractivity contribution in [3.8, 4) is 0 Å². The lowest BCUT2D eigenvalue weighted by Crippen LogP contribution is -2.19. The topological polar surface area (TPSA) is 81.8 Å². The van der Waals surface area contributed by atoms with Crippen molar-refractivity contribution >= 4 is 23.6 Å². The number of rotatable bonds is 3. The molecule has 0 spiro atoms. The van der Waals surface area contributed by atoms with Crippen molar-refractivity contribution in [3.63, 3.8) is 0 Å². The number of cyclic esters (lactones) is 1. The maximum absolute atomic E-state index is 11.9. The zero-order chi connectivity index (χ0) is 15.5. The minimum absolute atomic E-state index is 0.0162. The van der Waals surface area contributed by atoms with E-state index in [4.69, 9.17) is 4.74 Å². The smallest absolute Gasteiger partial charge is 0.363 e. The van der Waals surface area contributed by atoms with Gasteiger partial charge < -0.3 is 4.74 Å². The van der Waals surface area contributed by atoms with Crippen LogP contribution in [0.4, 0.5) is 5.69 Å². The second-order valence-corrected chi connectivity index (χ2v) is 5.55. The Kier molecular flexibility index (Phi) is 4.00. The van der Waals surface area contributed by atoms with Crippen LogP contribution < -0.4 is 0 Å². The van der Waals surface area contributed by atoms with Crippen LogP contribution >= 0.6 is 0 Å². The summed E-state index contributed by atoms with van der Waals surface area (Å²) in [5.74, 6) is 0.317. The van der Waals surface area contributed by atoms with Gasteiger partial charge >= 0.3 is 5.97 Å². The highest BCUT2D eigenvalue weighted by Gasteiger charge is 2.30. The van der Waals surface area contributed by atoms with Crippen LogP contribution in [-0.2, 0) is 9.53 Å². The number of hydrogen-bond acceptors (Lipinski definition) is 5. The lowest BCUT2D eigenvalue weighted by atomic mass is 9.89. The number of aliphatic imine (C=N–C) groups is 1. The normalized spacial score (nSPS) is 20.8. The van der Waals surface area contributed by atoms with E-state index in [2.05, 4.69) is 4.99 Å². The number of nitro groups is 1. The lowest BCUT2D eigenvalue weighted by Gasteiger charge is -2.19. The molecule has 1 aliphatic carbocycles. The molecule has 1 fully saturated rings. The van der Waals surface area contributed by atoms with Crippen LogP contribution in [0.1, 0.15) is 37.7 Å². The van der Waals surface area contributed by atoms with Crippen molar-refractivity contribution in [1.29, 1.82) is 0 Å². The molecule has 1 aromatic rings. The molecule has 0 bridgehead atoms. The largest absolute Gasteiger partial charge is 0.406 e. The zero-order valence-electron chi connectivity index (χ0n) is 12.0. The first kappa shape index (κ1) is 14.4. The Morgan fingerprint density at radius 3 is 2.50 bits per heavy atom. The van der Waals surface area contributed by atoms with Gasteiger partial charge in [0.2, 0.25) is 5.90 Å². The first-order valence-corrected chi connectivity index (χ1v) is 7.40. The molecule has 0 unspecified atom stereocenters. The van der Waals surface area contributed by atoms with Crippen LogP contribution in [0.2, 0.25) is 0 Å². The number of esters is 1. The molecule has 22 heavy (non-hydrogen) atoms. The molecule has 0 amide bonds. The van der Waals surface area contributed by atoms with Gasteiger partial charge in [-0.2, -0.15) is 0 Å². The van der Waals surface area contributed by atoms with Gasteiger partial charge in [0.25, 0.3) is 5.69 Å². The van der Waals surface area contributed by atoms with Crippen molar-refractivity contribution in [2.24, 2.45) is 10.9 Å². The second kappa shape index (κ2) is 6.09. The predicted molar refractivity (Wildman–Crippen MR) is 81.2 cm³/mol. The number of nitro benzene ring substituents is 1. The molecule has 2 aliphatic rings. The van der Waals surface area contributed by atoms with E-state index in [0.717, 1.165) is 25.7 Å². The highest BCUT2D eigenvalue weighted by molar-refractivity contribution is 6.07. The van der Waals surface area contributed by atoms with Crippen LogP contribution in [0, 0.1) is 16.0 Å². The van der Waals surface area contributed by atoms with Crippen molar-refractivity contribution in [2.45, 2.75) is 32.1 Å². The van der Waals surface area contributed by atoms with Gasteiger partial charge in [-0.05, 0) is 36.6 Å². The molecule has 6 nitrogen and oxygen atoms in total. The predicted octanol–water partition coefficient (Wildman–Crippen LogP) is 3.47. The Morgan fingerprint density at radius 2 is 1.86 bits per heavy atom. The molecular formula is C16H16N2O4. The second-order valence-electron chi connectivity index (χ2n) is 5.55. The minimum atomic E-state index is -0.458. The Hall–Kier alpha value is -2.50. The fraction of sp³-hybridized carbons (Fsp3) is 0.375. The van der Waals surface area contributed by atoms with Crippen LogP contribution in [0.3, 0.4) is 0 Å². The van der Waals surface area contributed by atoms with Crippen molar-refractivity contribution in [1.82, 2.24) is 0 Å². The summed E-state index contributed by atoms with van der Waals surface area (Å²) in [7, 11) is 0. The van der Waals surface area contributed by atoms with Gasteiger partial charge in [0.05, 0.1) is 4.92 Å². The highest BCUT2D eigenvalue weighted by Crippen LogP contribution is 2.29. The fourth-order valence-corrected chi connectivity index (χ4v) is 2.80.